The molecule has 0 amide bonds. The van der Waals surface area contributed by atoms with Crippen molar-refractivity contribution in [2.24, 2.45) is 0 Å². The lowest BCUT2D eigenvalue weighted by atomic mass is 9.91. The van der Waals surface area contributed by atoms with Crippen LogP contribution in [0.5, 0.6) is 0 Å². The van der Waals surface area contributed by atoms with E-state index in [1.165, 1.54) is 5.56 Å². The first-order chi connectivity index (χ1) is 8.68. The second-order valence-corrected chi connectivity index (χ2v) is 5.38. The predicted octanol–water partition coefficient (Wildman–Crippen LogP) is 2.77. The van der Waals surface area contributed by atoms with Gasteiger partial charge in [0.15, 0.2) is 0 Å². The van der Waals surface area contributed by atoms with Gasteiger partial charge in [0.25, 0.3) is 0 Å². The molecule has 2 nitrogen and oxygen atoms in total. The zero-order valence-corrected chi connectivity index (χ0v) is 11.3. The van der Waals surface area contributed by atoms with E-state index in [4.69, 9.17) is 0 Å². The smallest absolute Gasteiger partial charge is 0.102 e. The standard InChI is InChI=1S/C15H23FN2/c1-3-15(2)12-18(10-9-16)14(11-17-15)13-7-5-4-6-8-13/h4-8,14,17H,3,9-12H2,1-2H3. The molecule has 0 spiro atoms. The minimum absolute atomic E-state index is 0.112. The highest BCUT2D eigenvalue weighted by atomic mass is 19.1. The molecule has 1 aliphatic heterocycles. The molecule has 1 heterocycles. The van der Waals surface area contributed by atoms with E-state index in [1.807, 2.05) is 6.07 Å². The van der Waals surface area contributed by atoms with E-state index < -0.39 is 0 Å². The van der Waals surface area contributed by atoms with Crippen molar-refractivity contribution in [2.75, 3.05) is 26.3 Å². The van der Waals surface area contributed by atoms with Gasteiger partial charge in [-0.05, 0) is 18.9 Å². The van der Waals surface area contributed by atoms with Crippen LogP contribution in [0.15, 0.2) is 30.3 Å². The van der Waals surface area contributed by atoms with Crippen molar-refractivity contribution < 1.29 is 4.39 Å². The first-order valence-corrected chi connectivity index (χ1v) is 6.78. The lowest BCUT2D eigenvalue weighted by Crippen LogP contribution is -2.59. The summed E-state index contributed by atoms with van der Waals surface area (Å²) >= 11 is 0. The van der Waals surface area contributed by atoms with Gasteiger partial charge in [0, 0.05) is 31.2 Å². The Morgan fingerprint density at radius 2 is 2.11 bits per heavy atom. The molecule has 18 heavy (non-hydrogen) atoms. The Kier molecular flexibility index (Phi) is 4.36. The molecule has 1 N–H and O–H groups in total. The van der Waals surface area contributed by atoms with E-state index in [2.05, 4.69) is 48.3 Å². The summed E-state index contributed by atoms with van der Waals surface area (Å²) in [6.07, 6.45) is 1.07. The number of benzene rings is 1. The summed E-state index contributed by atoms with van der Waals surface area (Å²) in [5.74, 6) is 0. The molecule has 2 atom stereocenters. The fourth-order valence-electron chi connectivity index (χ4n) is 2.67. The van der Waals surface area contributed by atoms with E-state index >= 15 is 0 Å². The number of nitrogens with one attached hydrogen (secondary N) is 1. The van der Waals surface area contributed by atoms with Crippen LogP contribution in [0.2, 0.25) is 0 Å². The summed E-state index contributed by atoms with van der Waals surface area (Å²) < 4.78 is 12.8. The van der Waals surface area contributed by atoms with Gasteiger partial charge in [-0.1, -0.05) is 37.3 Å². The predicted molar refractivity (Wildman–Crippen MR) is 73.4 cm³/mol. The van der Waals surface area contributed by atoms with Gasteiger partial charge >= 0.3 is 0 Å². The SMILES string of the molecule is CCC1(C)CN(CCF)C(c2ccccc2)CN1. The molecule has 2 rings (SSSR count). The molecule has 2 unspecified atom stereocenters. The van der Waals surface area contributed by atoms with Gasteiger partial charge in [0.05, 0.1) is 0 Å². The monoisotopic (exact) mass is 250 g/mol. The van der Waals surface area contributed by atoms with Gasteiger partial charge in [0.2, 0.25) is 0 Å². The molecule has 1 saturated heterocycles. The number of alkyl halides is 1. The molecular formula is C15H23FN2. The molecule has 0 aliphatic carbocycles. The third kappa shape index (κ3) is 2.90. The van der Waals surface area contributed by atoms with E-state index in [-0.39, 0.29) is 12.2 Å². The number of hydrogen-bond acceptors (Lipinski definition) is 2. The maximum atomic E-state index is 12.8. The van der Waals surface area contributed by atoms with Gasteiger partial charge in [-0.25, -0.2) is 4.39 Å². The summed E-state index contributed by atoms with van der Waals surface area (Å²) in [5, 5.41) is 3.62. The fourth-order valence-corrected chi connectivity index (χ4v) is 2.67. The fraction of sp³-hybridized carbons (Fsp3) is 0.600. The molecule has 1 aliphatic rings. The van der Waals surface area contributed by atoms with Crippen LogP contribution in [0.3, 0.4) is 0 Å². The quantitative estimate of drug-likeness (QED) is 0.884. The summed E-state index contributed by atoms with van der Waals surface area (Å²) in [6, 6.07) is 10.7. The van der Waals surface area contributed by atoms with Crippen LogP contribution in [-0.4, -0.2) is 36.7 Å². The highest BCUT2D eigenvalue weighted by Crippen LogP contribution is 2.28. The van der Waals surface area contributed by atoms with Gasteiger partial charge in [0.1, 0.15) is 6.67 Å². The first kappa shape index (κ1) is 13.5. The number of piperazine rings is 1. The Hall–Kier alpha value is -0.930. The third-order valence-corrected chi connectivity index (χ3v) is 4.05. The molecule has 1 aromatic carbocycles. The summed E-state index contributed by atoms with van der Waals surface area (Å²) in [4.78, 5) is 2.27. The summed E-state index contributed by atoms with van der Waals surface area (Å²) in [6.45, 7) is 6.46. The number of halogens is 1. The molecule has 0 bridgehead atoms. The molecule has 1 aromatic rings. The molecular weight excluding hydrogens is 227 g/mol. The Morgan fingerprint density at radius 3 is 2.72 bits per heavy atom. The van der Waals surface area contributed by atoms with Crippen LogP contribution in [0.4, 0.5) is 4.39 Å². The van der Waals surface area contributed by atoms with Gasteiger partial charge < -0.3 is 5.32 Å². The van der Waals surface area contributed by atoms with Gasteiger partial charge in [-0.15, -0.1) is 0 Å². The maximum absolute atomic E-state index is 12.8. The molecule has 0 radical (unpaired) electrons. The van der Waals surface area contributed by atoms with Crippen LogP contribution in [0.25, 0.3) is 0 Å². The van der Waals surface area contributed by atoms with Crippen molar-refractivity contribution >= 4 is 0 Å². The molecule has 100 valence electrons. The highest BCUT2D eigenvalue weighted by Gasteiger charge is 2.34. The molecule has 0 saturated carbocycles. The second kappa shape index (κ2) is 5.81. The minimum Gasteiger partial charge on any atom is -0.308 e. The van der Waals surface area contributed by atoms with E-state index in [9.17, 15) is 4.39 Å². The Bertz CT molecular complexity index is 368. The first-order valence-electron chi connectivity index (χ1n) is 6.78. The van der Waals surface area contributed by atoms with E-state index in [1.54, 1.807) is 0 Å². The normalized spacial score (nSPS) is 29.4. The maximum Gasteiger partial charge on any atom is 0.102 e. The van der Waals surface area contributed by atoms with Gasteiger partial charge in [-0.3, -0.25) is 4.90 Å². The minimum atomic E-state index is -0.275. The lowest BCUT2D eigenvalue weighted by Gasteiger charge is -2.46. The molecule has 1 fully saturated rings. The van der Waals surface area contributed by atoms with Crippen LogP contribution in [0.1, 0.15) is 31.9 Å². The summed E-state index contributed by atoms with van der Waals surface area (Å²) in [7, 11) is 0. The number of nitrogens with zero attached hydrogens (tertiary/aromatic N) is 1. The largest absolute Gasteiger partial charge is 0.308 e. The number of rotatable bonds is 4. The third-order valence-electron chi connectivity index (χ3n) is 4.05. The summed E-state index contributed by atoms with van der Waals surface area (Å²) in [5.41, 5.74) is 1.39. The average Bonchev–Trinajstić information content (AvgIpc) is 2.40. The van der Waals surface area contributed by atoms with Crippen molar-refractivity contribution in [2.45, 2.75) is 31.8 Å². The van der Waals surface area contributed by atoms with Crippen molar-refractivity contribution in [3.05, 3.63) is 35.9 Å². The van der Waals surface area contributed by atoms with Crippen molar-refractivity contribution in [3.8, 4) is 0 Å². The molecule has 3 heteroatoms. The van der Waals surface area contributed by atoms with Crippen LogP contribution >= 0.6 is 0 Å². The number of hydrogen-bond donors (Lipinski definition) is 1. The van der Waals surface area contributed by atoms with Crippen molar-refractivity contribution in [3.63, 3.8) is 0 Å². The Balaban J connectivity index is 2.15. The van der Waals surface area contributed by atoms with Crippen molar-refractivity contribution in [1.29, 1.82) is 0 Å². The van der Waals surface area contributed by atoms with Crippen molar-refractivity contribution in [1.82, 2.24) is 10.2 Å². The van der Waals surface area contributed by atoms with Crippen LogP contribution in [0, 0.1) is 0 Å². The zero-order valence-electron chi connectivity index (χ0n) is 11.3. The Labute approximate surface area is 109 Å². The van der Waals surface area contributed by atoms with Crippen LogP contribution < -0.4 is 5.32 Å². The molecule has 0 aromatic heterocycles. The second-order valence-electron chi connectivity index (χ2n) is 5.38. The average molecular weight is 250 g/mol. The lowest BCUT2D eigenvalue weighted by molar-refractivity contribution is 0.0782. The Morgan fingerprint density at radius 1 is 1.39 bits per heavy atom. The van der Waals surface area contributed by atoms with E-state index in [0.717, 1.165) is 19.5 Å². The van der Waals surface area contributed by atoms with E-state index in [0.29, 0.717) is 12.6 Å². The highest BCUT2D eigenvalue weighted by molar-refractivity contribution is 5.20. The zero-order chi connectivity index (χ0) is 13.0. The van der Waals surface area contributed by atoms with Crippen LogP contribution in [-0.2, 0) is 0 Å². The van der Waals surface area contributed by atoms with Gasteiger partial charge in [-0.2, -0.15) is 0 Å². The topological polar surface area (TPSA) is 15.3 Å².